The van der Waals surface area contributed by atoms with E-state index in [4.69, 9.17) is 0 Å². The van der Waals surface area contributed by atoms with Crippen molar-refractivity contribution in [3.63, 3.8) is 0 Å². The van der Waals surface area contributed by atoms with Gasteiger partial charge in [-0.3, -0.25) is 0 Å². The highest BCUT2D eigenvalue weighted by molar-refractivity contribution is 9.10. The lowest BCUT2D eigenvalue weighted by molar-refractivity contribution is 0.252. The maximum Gasteiger partial charge on any atom is 0.0545 e. The molecule has 1 N–H and O–H groups in total. The summed E-state index contributed by atoms with van der Waals surface area (Å²) in [6, 6.07) is 6.70. The van der Waals surface area contributed by atoms with Crippen LogP contribution in [0.15, 0.2) is 16.6 Å². The van der Waals surface area contributed by atoms with Crippen LogP contribution in [0.5, 0.6) is 0 Å². The molecule has 3 heteroatoms. The number of halogens is 1. The van der Waals surface area contributed by atoms with Crippen molar-refractivity contribution in [2.45, 2.75) is 64.1 Å². The molecule has 0 aromatic heterocycles. The summed E-state index contributed by atoms with van der Waals surface area (Å²) in [6.07, 6.45) is 6.65. The van der Waals surface area contributed by atoms with E-state index in [0.29, 0.717) is 18.1 Å². The number of nitrogens with zero attached hydrogens (tertiary/aromatic N) is 1. The standard InChI is InChI=1S/C17H25BrN2/c1-11-7-12(2)17(16(18)8-11)20-14-5-4-6-15(20)10-13(9-14)19-3/h7-8,13-15,19H,4-6,9-10H2,1-3H3. The molecule has 2 aliphatic rings. The summed E-state index contributed by atoms with van der Waals surface area (Å²) in [6.45, 7) is 4.43. The van der Waals surface area contributed by atoms with E-state index < -0.39 is 0 Å². The van der Waals surface area contributed by atoms with Gasteiger partial charge in [0.25, 0.3) is 0 Å². The van der Waals surface area contributed by atoms with Gasteiger partial charge in [0.1, 0.15) is 0 Å². The summed E-state index contributed by atoms with van der Waals surface area (Å²) >= 11 is 3.82. The highest BCUT2D eigenvalue weighted by atomic mass is 79.9. The summed E-state index contributed by atoms with van der Waals surface area (Å²) < 4.78 is 1.27. The van der Waals surface area contributed by atoms with Gasteiger partial charge < -0.3 is 10.2 Å². The van der Waals surface area contributed by atoms with Crippen molar-refractivity contribution in [1.82, 2.24) is 5.32 Å². The van der Waals surface area contributed by atoms with Crippen molar-refractivity contribution in [2.24, 2.45) is 0 Å². The molecular formula is C17H25BrN2. The molecule has 2 bridgehead atoms. The van der Waals surface area contributed by atoms with Gasteiger partial charge in [0.15, 0.2) is 0 Å². The van der Waals surface area contributed by atoms with Crippen molar-refractivity contribution < 1.29 is 0 Å². The Morgan fingerprint density at radius 1 is 1.15 bits per heavy atom. The average molecular weight is 337 g/mol. The average Bonchev–Trinajstić information content (AvgIpc) is 2.36. The van der Waals surface area contributed by atoms with Crippen molar-refractivity contribution >= 4 is 21.6 Å². The van der Waals surface area contributed by atoms with Crippen molar-refractivity contribution in [3.8, 4) is 0 Å². The third kappa shape index (κ3) is 2.50. The zero-order chi connectivity index (χ0) is 14.3. The Labute approximate surface area is 131 Å². The minimum Gasteiger partial charge on any atom is -0.364 e. The fourth-order valence-corrected chi connectivity index (χ4v) is 5.10. The van der Waals surface area contributed by atoms with Crippen LogP contribution in [0.2, 0.25) is 0 Å². The second-order valence-electron chi connectivity index (χ2n) is 6.52. The molecule has 0 spiro atoms. The largest absolute Gasteiger partial charge is 0.364 e. The second-order valence-corrected chi connectivity index (χ2v) is 7.37. The number of rotatable bonds is 2. The van der Waals surface area contributed by atoms with Crippen LogP contribution >= 0.6 is 15.9 Å². The van der Waals surface area contributed by atoms with Crippen LogP contribution in [0.25, 0.3) is 0 Å². The van der Waals surface area contributed by atoms with Crippen LogP contribution in [0.1, 0.15) is 43.2 Å². The number of nitrogens with one attached hydrogen (secondary N) is 1. The van der Waals surface area contributed by atoms with Crippen molar-refractivity contribution in [1.29, 1.82) is 0 Å². The molecule has 2 unspecified atom stereocenters. The van der Waals surface area contributed by atoms with E-state index in [0.717, 1.165) is 0 Å². The van der Waals surface area contributed by atoms with Gasteiger partial charge in [-0.1, -0.05) is 6.07 Å². The van der Waals surface area contributed by atoms with E-state index in [-0.39, 0.29) is 0 Å². The molecule has 1 aromatic rings. The molecule has 110 valence electrons. The van der Waals surface area contributed by atoms with E-state index in [1.54, 1.807) is 0 Å². The highest BCUT2D eigenvalue weighted by Gasteiger charge is 2.38. The normalized spacial score (nSPS) is 29.6. The molecule has 0 amide bonds. The van der Waals surface area contributed by atoms with Crippen LogP contribution in [0.4, 0.5) is 5.69 Å². The molecule has 3 rings (SSSR count). The molecule has 2 aliphatic heterocycles. The molecule has 2 heterocycles. The number of anilines is 1. The zero-order valence-electron chi connectivity index (χ0n) is 12.7. The van der Waals surface area contributed by atoms with Crippen LogP contribution in [0, 0.1) is 13.8 Å². The smallest absolute Gasteiger partial charge is 0.0545 e. The first-order valence-electron chi connectivity index (χ1n) is 7.82. The Balaban J connectivity index is 1.98. The Hall–Kier alpha value is -0.540. The summed E-state index contributed by atoms with van der Waals surface area (Å²) in [5.41, 5.74) is 4.20. The maximum absolute atomic E-state index is 3.82. The van der Waals surface area contributed by atoms with Crippen LogP contribution in [0.3, 0.4) is 0 Å². The molecule has 2 atom stereocenters. The number of fused-ring (bicyclic) bond motifs is 2. The quantitative estimate of drug-likeness (QED) is 0.871. The first-order valence-corrected chi connectivity index (χ1v) is 8.61. The third-order valence-corrected chi connectivity index (χ3v) is 5.64. The summed E-state index contributed by atoms with van der Waals surface area (Å²) in [5, 5.41) is 3.50. The molecule has 2 fully saturated rings. The van der Waals surface area contributed by atoms with E-state index in [9.17, 15) is 0 Å². The highest BCUT2D eigenvalue weighted by Crippen LogP contribution is 2.42. The van der Waals surface area contributed by atoms with Gasteiger partial charge in [-0.15, -0.1) is 0 Å². The Bertz CT molecular complexity index is 463. The van der Waals surface area contributed by atoms with E-state index in [1.807, 2.05) is 0 Å². The number of hydrogen-bond acceptors (Lipinski definition) is 2. The van der Waals surface area contributed by atoms with E-state index in [2.05, 4.69) is 59.2 Å². The van der Waals surface area contributed by atoms with E-state index >= 15 is 0 Å². The topological polar surface area (TPSA) is 15.3 Å². The molecule has 1 aromatic carbocycles. The monoisotopic (exact) mass is 336 g/mol. The Morgan fingerprint density at radius 3 is 2.35 bits per heavy atom. The predicted octanol–water partition coefficient (Wildman–Crippen LogP) is 4.18. The lowest BCUT2D eigenvalue weighted by atomic mass is 9.81. The van der Waals surface area contributed by atoms with Gasteiger partial charge >= 0.3 is 0 Å². The van der Waals surface area contributed by atoms with E-state index in [1.165, 1.54) is 53.4 Å². The molecule has 2 saturated heterocycles. The fourth-order valence-electron chi connectivity index (χ4n) is 4.22. The lowest BCUT2D eigenvalue weighted by Crippen LogP contribution is -2.56. The van der Waals surface area contributed by atoms with Gasteiger partial charge in [0.2, 0.25) is 0 Å². The molecule has 2 nitrogen and oxygen atoms in total. The number of piperidine rings is 2. The van der Waals surface area contributed by atoms with Gasteiger partial charge in [-0.2, -0.15) is 0 Å². The molecular weight excluding hydrogens is 312 g/mol. The van der Waals surface area contributed by atoms with Crippen LogP contribution in [-0.4, -0.2) is 25.2 Å². The second kappa shape index (κ2) is 5.69. The zero-order valence-corrected chi connectivity index (χ0v) is 14.3. The Kier molecular flexibility index (Phi) is 4.09. The van der Waals surface area contributed by atoms with Crippen molar-refractivity contribution in [2.75, 3.05) is 11.9 Å². The fraction of sp³-hybridized carbons (Fsp3) is 0.647. The third-order valence-electron chi connectivity index (χ3n) is 5.04. The lowest BCUT2D eigenvalue weighted by Gasteiger charge is -2.51. The predicted molar refractivity (Wildman–Crippen MR) is 89.6 cm³/mol. The van der Waals surface area contributed by atoms with Gasteiger partial charge in [0, 0.05) is 22.6 Å². The summed E-state index contributed by atoms with van der Waals surface area (Å²) in [4.78, 5) is 2.73. The van der Waals surface area contributed by atoms with Crippen LogP contribution < -0.4 is 10.2 Å². The molecule has 20 heavy (non-hydrogen) atoms. The van der Waals surface area contributed by atoms with Gasteiger partial charge in [-0.05, 0) is 86.1 Å². The first-order chi connectivity index (χ1) is 9.60. The molecule has 0 saturated carbocycles. The first kappa shape index (κ1) is 14.4. The summed E-state index contributed by atoms with van der Waals surface area (Å²) in [7, 11) is 2.11. The minimum atomic E-state index is 0.700. The Morgan fingerprint density at radius 2 is 1.80 bits per heavy atom. The van der Waals surface area contributed by atoms with Crippen molar-refractivity contribution in [3.05, 3.63) is 27.7 Å². The SMILES string of the molecule is CNC1CC2CCCC(C1)N2c1c(C)cc(C)cc1Br. The number of hydrogen-bond donors (Lipinski definition) is 1. The maximum atomic E-state index is 3.82. The number of benzene rings is 1. The van der Waals surface area contributed by atoms with Gasteiger partial charge in [0.05, 0.1) is 5.69 Å². The number of aryl methyl sites for hydroxylation is 2. The minimum absolute atomic E-state index is 0.700. The van der Waals surface area contributed by atoms with Gasteiger partial charge in [-0.25, -0.2) is 0 Å². The van der Waals surface area contributed by atoms with Crippen LogP contribution in [-0.2, 0) is 0 Å². The molecule has 0 aliphatic carbocycles. The summed E-state index contributed by atoms with van der Waals surface area (Å²) in [5.74, 6) is 0. The molecule has 0 radical (unpaired) electrons.